The van der Waals surface area contributed by atoms with Crippen molar-refractivity contribution in [3.05, 3.63) is 60.0 Å². The van der Waals surface area contributed by atoms with Crippen LogP contribution in [0.5, 0.6) is 0 Å². The van der Waals surface area contributed by atoms with Crippen molar-refractivity contribution < 1.29 is 4.79 Å². The number of nitrogens with zero attached hydrogens (tertiary/aromatic N) is 1. The Morgan fingerprint density at radius 2 is 1.89 bits per heavy atom. The molecule has 2 aromatic heterocycles. The monoisotopic (exact) mass is 376 g/mol. The number of benzene rings is 1. The van der Waals surface area contributed by atoms with Crippen molar-refractivity contribution in [3.8, 4) is 0 Å². The van der Waals surface area contributed by atoms with E-state index in [2.05, 4.69) is 45.0 Å². The number of hydrogen-bond donors (Lipinski definition) is 3. The van der Waals surface area contributed by atoms with E-state index >= 15 is 0 Å². The Kier molecular flexibility index (Phi) is 5.90. The first-order valence-electron chi connectivity index (χ1n) is 10.4. The molecule has 1 aromatic carbocycles. The normalized spacial score (nSPS) is 15.3. The molecular weight excluding hydrogens is 348 g/mol. The zero-order valence-corrected chi connectivity index (χ0v) is 16.2. The van der Waals surface area contributed by atoms with Crippen LogP contribution in [0.2, 0.25) is 0 Å². The number of carbonyl (C=O) groups is 1. The van der Waals surface area contributed by atoms with E-state index < -0.39 is 0 Å². The number of aromatic nitrogens is 2. The van der Waals surface area contributed by atoms with Gasteiger partial charge in [-0.2, -0.15) is 0 Å². The number of carbonyl (C=O) groups excluding carboxylic acids is 1. The predicted octanol–water partition coefficient (Wildman–Crippen LogP) is 4.67. The summed E-state index contributed by atoms with van der Waals surface area (Å²) in [5.74, 6) is -0.0581. The van der Waals surface area contributed by atoms with Crippen LogP contribution >= 0.6 is 0 Å². The van der Waals surface area contributed by atoms with Crippen LogP contribution < -0.4 is 10.6 Å². The summed E-state index contributed by atoms with van der Waals surface area (Å²) in [4.78, 5) is 20.1. The van der Waals surface area contributed by atoms with Gasteiger partial charge in [0.15, 0.2) is 0 Å². The van der Waals surface area contributed by atoms with Crippen LogP contribution in [0.1, 0.15) is 54.6 Å². The zero-order valence-electron chi connectivity index (χ0n) is 16.2. The second-order valence-electron chi connectivity index (χ2n) is 7.63. The quantitative estimate of drug-likeness (QED) is 0.548. The largest absolute Gasteiger partial charge is 0.383 e. The first-order chi connectivity index (χ1) is 13.8. The lowest BCUT2D eigenvalue weighted by molar-refractivity contribution is 0.0928. The number of para-hydroxylation sites is 1. The van der Waals surface area contributed by atoms with Gasteiger partial charge in [-0.3, -0.25) is 4.79 Å². The molecule has 5 heteroatoms. The Bertz CT molecular complexity index is 908. The van der Waals surface area contributed by atoms with Crippen molar-refractivity contribution in [2.75, 3.05) is 11.9 Å². The highest BCUT2D eigenvalue weighted by Crippen LogP contribution is 2.19. The Hall–Kier alpha value is -2.82. The fraction of sp³-hybridized carbons (Fsp3) is 0.391. The molecule has 5 nitrogen and oxygen atoms in total. The number of pyridine rings is 1. The maximum atomic E-state index is 12.4. The standard InChI is InChI=1S/C23H28N4O/c28-23(27-18-7-3-1-2-4-8-18)22-12-11-19(16-26-22)24-14-13-17-15-25-21-10-6-5-9-20(17)21/h5-6,9-12,15-16,18,24-25H,1-4,7-8,13-14H2,(H,27,28). The number of hydrogen-bond acceptors (Lipinski definition) is 3. The molecule has 0 spiro atoms. The Morgan fingerprint density at radius 3 is 2.68 bits per heavy atom. The van der Waals surface area contributed by atoms with Gasteiger partial charge in [0.05, 0.1) is 11.9 Å². The molecule has 1 aliphatic rings. The molecule has 28 heavy (non-hydrogen) atoms. The van der Waals surface area contributed by atoms with Crippen LogP contribution in [-0.2, 0) is 6.42 Å². The summed E-state index contributed by atoms with van der Waals surface area (Å²) < 4.78 is 0. The third-order valence-electron chi connectivity index (χ3n) is 5.58. The lowest BCUT2D eigenvalue weighted by Gasteiger charge is -2.16. The van der Waals surface area contributed by atoms with Gasteiger partial charge in [-0.15, -0.1) is 0 Å². The van der Waals surface area contributed by atoms with E-state index in [1.165, 1.54) is 42.1 Å². The minimum atomic E-state index is -0.0581. The summed E-state index contributed by atoms with van der Waals surface area (Å²) in [5, 5.41) is 7.81. The molecule has 1 fully saturated rings. The van der Waals surface area contributed by atoms with Crippen LogP contribution in [0.15, 0.2) is 48.8 Å². The molecule has 0 saturated heterocycles. The first kappa shape index (κ1) is 18.5. The highest BCUT2D eigenvalue weighted by molar-refractivity contribution is 5.92. The fourth-order valence-corrected chi connectivity index (χ4v) is 4.00. The van der Waals surface area contributed by atoms with Crippen LogP contribution in [0.25, 0.3) is 10.9 Å². The Labute approximate surface area is 166 Å². The average molecular weight is 377 g/mol. The van der Waals surface area contributed by atoms with Crippen molar-refractivity contribution in [1.29, 1.82) is 0 Å². The molecule has 2 heterocycles. The third-order valence-corrected chi connectivity index (χ3v) is 5.58. The molecule has 146 valence electrons. The third kappa shape index (κ3) is 4.53. The molecule has 4 rings (SSSR count). The average Bonchev–Trinajstić information content (AvgIpc) is 2.96. The zero-order chi connectivity index (χ0) is 19.2. The number of rotatable bonds is 6. The van der Waals surface area contributed by atoms with Crippen LogP contribution in [0.4, 0.5) is 5.69 Å². The number of fused-ring (bicyclic) bond motifs is 1. The van der Waals surface area contributed by atoms with E-state index in [0.29, 0.717) is 11.7 Å². The summed E-state index contributed by atoms with van der Waals surface area (Å²) in [5.41, 5.74) is 3.90. The fourth-order valence-electron chi connectivity index (χ4n) is 4.00. The van der Waals surface area contributed by atoms with Gasteiger partial charge in [0, 0.05) is 29.7 Å². The lowest BCUT2D eigenvalue weighted by atomic mass is 10.1. The highest BCUT2D eigenvalue weighted by Gasteiger charge is 2.16. The van der Waals surface area contributed by atoms with Crippen molar-refractivity contribution in [2.24, 2.45) is 0 Å². The summed E-state index contributed by atoms with van der Waals surface area (Å²) in [6.45, 7) is 0.817. The summed E-state index contributed by atoms with van der Waals surface area (Å²) in [7, 11) is 0. The van der Waals surface area contributed by atoms with Gasteiger partial charge in [-0.1, -0.05) is 43.9 Å². The second kappa shape index (κ2) is 8.91. The lowest BCUT2D eigenvalue weighted by Crippen LogP contribution is -2.34. The predicted molar refractivity (Wildman–Crippen MR) is 114 cm³/mol. The molecule has 0 radical (unpaired) electrons. The van der Waals surface area contributed by atoms with Crippen LogP contribution in [0.3, 0.4) is 0 Å². The number of anilines is 1. The maximum Gasteiger partial charge on any atom is 0.270 e. The molecule has 0 atom stereocenters. The second-order valence-corrected chi connectivity index (χ2v) is 7.63. The maximum absolute atomic E-state index is 12.4. The number of amides is 1. The van der Waals surface area contributed by atoms with E-state index in [1.54, 1.807) is 12.3 Å². The Balaban J connectivity index is 1.28. The molecule has 0 bridgehead atoms. The molecule has 3 N–H and O–H groups in total. The van der Waals surface area contributed by atoms with Crippen molar-refractivity contribution >= 4 is 22.5 Å². The van der Waals surface area contributed by atoms with Crippen molar-refractivity contribution in [3.63, 3.8) is 0 Å². The molecule has 1 amide bonds. The van der Waals surface area contributed by atoms with Crippen molar-refractivity contribution in [1.82, 2.24) is 15.3 Å². The smallest absolute Gasteiger partial charge is 0.270 e. The van der Waals surface area contributed by atoms with E-state index in [0.717, 1.165) is 31.5 Å². The van der Waals surface area contributed by atoms with Gasteiger partial charge in [0.2, 0.25) is 0 Å². The number of nitrogens with one attached hydrogen (secondary N) is 3. The molecule has 0 unspecified atom stereocenters. The van der Waals surface area contributed by atoms with Gasteiger partial charge >= 0.3 is 0 Å². The molecule has 1 aliphatic carbocycles. The summed E-state index contributed by atoms with van der Waals surface area (Å²) in [6.07, 6.45) is 11.9. The van der Waals surface area contributed by atoms with Gasteiger partial charge < -0.3 is 15.6 Å². The van der Waals surface area contributed by atoms with Gasteiger partial charge in [-0.05, 0) is 43.0 Å². The summed E-state index contributed by atoms with van der Waals surface area (Å²) >= 11 is 0. The molecule has 1 saturated carbocycles. The number of H-pyrrole nitrogens is 1. The highest BCUT2D eigenvalue weighted by atomic mass is 16.1. The van der Waals surface area contributed by atoms with Crippen LogP contribution in [0, 0.1) is 0 Å². The van der Waals surface area contributed by atoms with Gasteiger partial charge in [-0.25, -0.2) is 4.98 Å². The molecular formula is C23H28N4O. The van der Waals surface area contributed by atoms with Gasteiger partial charge in [0.1, 0.15) is 5.69 Å². The summed E-state index contributed by atoms with van der Waals surface area (Å²) in [6, 6.07) is 12.4. The van der Waals surface area contributed by atoms with E-state index in [-0.39, 0.29) is 5.91 Å². The SMILES string of the molecule is O=C(NC1CCCCCC1)c1ccc(NCCc2c[nH]c3ccccc23)cn1. The Morgan fingerprint density at radius 1 is 1.07 bits per heavy atom. The van der Waals surface area contributed by atoms with E-state index in [4.69, 9.17) is 0 Å². The van der Waals surface area contributed by atoms with Gasteiger partial charge in [0.25, 0.3) is 5.91 Å². The number of aromatic amines is 1. The topological polar surface area (TPSA) is 69.8 Å². The minimum Gasteiger partial charge on any atom is -0.383 e. The minimum absolute atomic E-state index is 0.0581. The molecule has 0 aliphatic heterocycles. The molecule has 3 aromatic rings. The van der Waals surface area contributed by atoms with Crippen LogP contribution in [-0.4, -0.2) is 28.5 Å². The van der Waals surface area contributed by atoms with E-state index in [9.17, 15) is 4.79 Å². The van der Waals surface area contributed by atoms with Crippen molar-refractivity contribution in [2.45, 2.75) is 51.0 Å². The van der Waals surface area contributed by atoms with E-state index in [1.807, 2.05) is 12.1 Å². The first-order valence-corrected chi connectivity index (χ1v) is 10.4.